The molecule has 0 unspecified atom stereocenters. The molecule has 0 radical (unpaired) electrons. The van der Waals surface area contributed by atoms with Crippen LogP contribution in [0.25, 0.3) is 33.0 Å². The van der Waals surface area contributed by atoms with Gasteiger partial charge >= 0.3 is 5.69 Å². The van der Waals surface area contributed by atoms with Crippen LogP contribution in [0.2, 0.25) is 0 Å². The molecule has 7 heteroatoms. The summed E-state index contributed by atoms with van der Waals surface area (Å²) in [6, 6.07) is 18.6. The summed E-state index contributed by atoms with van der Waals surface area (Å²) in [5, 5.41) is 2.40. The van der Waals surface area contributed by atoms with Gasteiger partial charge in [0.15, 0.2) is 5.65 Å². The summed E-state index contributed by atoms with van der Waals surface area (Å²) in [5.74, 6) is 0. The Morgan fingerprint density at radius 2 is 1.44 bits per heavy atom. The number of hydrogen-bond donors (Lipinski definition) is 3. The van der Waals surface area contributed by atoms with Gasteiger partial charge in [-0.2, -0.15) is 0 Å². The third-order valence-electron chi connectivity index (χ3n) is 3.75. The molecule has 0 fully saturated rings. The number of nitrogens with one attached hydrogen (secondary N) is 3. The molecule has 2 aromatic carbocycles. The number of para-hydroxylation sites is 2. The van der Waals surface area contributed by atoms with Crippen LogP contribution in [-0.2, 0) is 0 Å². The second-order valence-electron chi connectivity index (χ2n) is 5.41. The van der Waals surface area contributed by atoms with Gasteiger partial charge in [0.2, 0.25) is 0 Å². The Morgan fingerprint density at radius 3 is 2.12 bits per heavy atom. The van der Waals surface area contributed by atoms with Crippen LogP contribution in [0.5, 0.6) is 0 Å². The van der Waals surface area contributed by atoms with Gasteiger partial charge in [-0.3, -0.25) is 14.8 Å². The van der Waals surface area contributed by atoms with Crippen LogP contribution >= 0.6 is 0 Å². The number of H-pyrrole nitrogens is 3. The van der Waals surface area contributed by atoms with Gasteiger partial charge in [-0.15, -0.1) is 0 Å². The third kappa shape index (κ3) is 2.90. The van der Waals surface area contributed by atoms with Crippen LogP contribution in [0, 0.1) is 0 Å². The maximum Gasteiger partial charge on any atom is 0.327 e. The number of hydrogen-bond acceptors (Lipinski definition) is 4. The highest BCUT2D eigenvalue weighted by molar-refractivity contribution is 5.92. The lowest BCUT2D eigenvalue weighted by atomic mass is 10.1. The predicted molar refractivity (Wildman–Crippen MR) is 96.6 cm³/mol. The fourth-order valence-electron chi connectivity index (χ4n) is 2.59. The first-order chi connectivity index (χ1) is 12.2. The van der Waals surface area contributed by atoms with Crippen LogP contribution in [0.15, 0.2) is 70.5 Å². The first-order valence-corrected chi connectivity index (χ1v) is 7.61. The van der Waals surface area contributed by atoms with Crippen molar-refractivity contribution >= 4 is 33.0 Å². The van der Waals surface area contributed by atoms with Gasteiger partial charge in [0.05, 0.1) is 17.4 Å². The zero-order valence-electron chi connectivity index (χ0n) is 13.0. The van der Waals surface area contributed by atoms with E-state index in [1.165, 1.54) is 17.1 Å². The third-order valence-corrected chi connectivity index (χ3v) is 3.75. The van der Waals surface area contributed by atoms with E-state index in [0.29, 0.717) is 0 Å². The van der Waals surface area contributed by atoms with E-state index in [1.54, 1.807) is 0 Å². The molecule has 0 aliphatic carbocycles. The minimum absolute atomic E-state index is 0.277. The Morgan fingerprint density at radius 1 is 0.800 bits per heavy atom. The van der Waals surface area contributed by atoms with E-state index in [2.05, 4.69) is 43.1 Å². The van der Waals surface area contributed by atoms with E-state index < -0.39 is 11.2 Å². The van der Waals surface area contributed by atoms with Gasteiger partial charge in [-0.25, -0.2) is 14.8 Å². The zero-order chi connectivity index (χ0) is 17.2. The molecule has 7 nitrogen and oxygen atoms in total. The van der Waals surface area contributed by atoms with E-state index >= 15 is 0 Å². The van der Waals surface area contributed by atoms with Crippen molar-refractivity contribution in [2.75, 3.05) is 0 Å². The molecule has 3 heterocycles. The fraction of sp³-hybridized carbons (Fsp3) is 0. The summed E-state index contributed by atoms with van der Waals surface area (Å²) < 4.78 is 0. The predicted octanol–water partition coefficient (Wildman–Crippen LogP) is 2.33. The SMILES string of the molecule is O=c1[nH]c(=O)c2[nH]cnc2[nH]1.c1ccc2nc3ccccc3cc2c1. The first-order valence-electron chi connectivity index (χ1n) is 7.61. The molecule has 122 valence electrons. The van der Waals surface area contributed by atoms with E-state index in [1.807, 2.05) is 36.4 Å². The van der Waals surface area contributed by atoms with E-state index in [-0.39, 0.29) is 11.2 Å². The maximum absolute atomic E-state index is 10.9. The monoisotopic (exact) mass is 331 g/mol. The Kier molecular flexibility index (Phi) is 3.59. The Labute approximate surface area is 140 Å². The Bertz CT molecular complexity index is 1190. The molecule has 0 bridgehead atoms. The summed E-state index contributed by atoms with van der Waals surface area (Å²) in [5.41, 5.74) is 1.68. The average Bonchev–Trinajstić information content (AvgIpc) is 3.09. The summed E-state index contributed by atoms with van der Waals surface area (Å²) in [7, 11) is 0. The number of aromatic amines is 3. The van der Waals surface area contributed by atoms with E-state index in [9.17, 15) is 9.59 Å². The molecule has 3 N–H and O–H groups in total. The first kappa shape index (κ1) is 14.8. The highest BCUT2D eigenvalue weighted by Gasteiger charge is 2.00. The van der Waals surface area contributed by atoms with Crippen molar-refractivity contribution in [3.05, 3.63) is 81.8 Å². The van der Waals surface area contributed by atoms with Crippen molar-refractivity contribution in [1.82, 2.24) is 24.9 Å². The minimum atomic E-state index is -0.547. The van der Waals surface area contributed by atoms with Crippen LogP contribution in [0.3, 0.4) is 0 Å². The molecule has 0 aliphatic rings. The zero-order valence-corrected chi connectivity index (χ0v) is 13.0. The van der Waals surface area contributed by atoms with Gasteiger partial charge in [0.25, 0.3) is 5.56 Å². The number of rotatable bonds is 0. The molecule has 25 heavy (non-hydrogen) atoms. The van der Waals surface area contributed by atoms with E-state index in [0.717, 1.165) is 11.0 Å². The molecule has 5 aromatic rings. The Hall–Kier alpha value is -3.74. The summed E-state index contributed by atoms with van der Waals surface area (Å²) in [4.78, 5) is 36.8. The highest BCUT2D eigenvalue weighted by Crippen LogP contribution is 2.18. The van der Waals surface area contributed by atoms with Crippen molar-refractivity contribution in [3.8, 4) is 0 Å². The van der Waals surface area contributed by atoms with Gasteiger partial charge in [-0.05, 0) is 18.2 Å². The van der Waals surface area contributed by atoms with Gasteiger partial charge in [0.1, 0.15) is 5.52 Å². The number of nitrogens with zero attached hydrogens (tertiary/aromatic N) is 2. The minimum Gasteiger partial charge on any atom is -0.339 e. The lowest BCUT2D eigenvalue weighted by Crippen LogP contribution is -2.21. The summed E-state index contributed by atoms with van der Waals surface area (Å²) >= 11 is 0. The second kappa shape index (κ2) is 6.04. The lowest BCUT2D eigenvalue weighted by Gasteiger charge is -1.99. The molecule has 3 aromatic heterocycles. The highest BCUT2D eigenvalue weighted by atomic mass is 16.2. The smallest absolute Gasteiger partial charge is 0.327 e. The second-order valence-corrected chi connectivity index (χ2v) is 5.41. The van der Waals surface area contributed by atoms with E-state index in [4.69, 9.17) is 0 Å². The molecular formula is C18H13N5O2. The molecule has 5 rings (SSSR count). The van der Waals surface area contributed by atoms with Crippen molar-refractivity contribution in [2.24, 2.45) is 0 Å². The van der Waals surface area contributed by atoms with Crippen LogP contribution in [-0.4, -0.2) is 24.9 Å². The molecule has 0 saturated heterocycles. The van der Waals surface area contributed by atoms with Gasteiger partial charge in [0, 0.05) is 10.8 Å². The fourth-order valence-corrected chi connectivity index (χ4v) is 2.59. The normalized spacial score (nSPS) is 10.7. The van der Waals surface area contributed by atoms with Gasteiger partial charge < -0.3 is 4.98 Å². The summed E-state index contributed by atoms with van der Waals surface area (Å²) in [6.45, 7) is 0. The number of fused-ring (bicyclic) bond motifs is 3. The van der Waals surface area contributed by atoms with Crippen molar-refractivity contribution < 1.29 is 0 Å². The van der Waals surface area contributed by atoms with Gasteiger partial charge in [-0.1, -0.05) is 36.4 Å². The Balaban J connectivity index is 0.000000129. The van der Waals surface area contributed by atoms with Crippen LogP contribution < -0.4 is 11.2 Å². The standard InChI is InChI=1S/C13H9N.C5H4N4O2/c1-3-7-12-10(5-1)9-11-6-2-4-8-13(11)14-12;10-4-2-3(7-1-6-2)8-5(11)9-4/h1-9H;1H,(H3,6,7,8,9,10,11). The molecule has 0 spiro atoms. The number of pyridine rings is 1. The number of imidazole rings is 1. The number of aromatic nitrogens is 5. The molecular weight excluding hydrogens is 318 g/mol. The molecule has 0 saturated carbocycles. The average molecular weight is 331 g/mol. The summed E-state index contributed by atoms with van der Waals surface area (Å²) in [6.07, 6.45) is 1.34. The van der Waals surface area contributed by atoms with Crippen molar-refractivity contribution in [2.45, 2.75) is 0 Å². The van der Waals surface area contributed by atoms with Crippen molar-refractivity contribution in [1.29, 1.82) is 0 Å². The quantitative estimate of drug-likeness (QED) is 0.378. The lowest BCUT2D eigenvalue weighted by molar-refractivity contribution is 1.07. The maximum atomic E-state index is 10.9. The van der Waals surface area contributed by atoms with Crippen LogP contribution in [0.1, 0.15) is 0 Å². The molecule has 0 aliphatic heterocycles. The molecule has 0 atom stereocenters. The molecule has 0 amide bonds. The number of benzene rings is 2. The van der Waals surface area contributed by atoms with Crippen LogP contribution in [0.4, 0.5) is 0 Å². The largest absolute Gasteiger partial charge is 0.339 e. The van der Waals surface area contributed by atoms with Crippen molar-refractivity contribution in [3.63, 3.8) is 0 Å². The topological polar surface area (TPSA) is 107 Å².